The SMILES string of the molecule is Cc1ccc(-c2cc(=O)o[nH]2)s1. The molecule has 2 aromatic rings. The van der Waals surface area contributed by atoms with Crippen LogP contribution >= 0.6 is 11.3 Å². The number of aromatic nitrogens is 1. The second-order valence-electron chi connectivity index (χ2n) is 2.49. The predicted octanol–water partition coefficient (Wildman–Crippen LogP) is 2.00. The molecule has 0 fully saturated rings. The summed E-state index contributed by atoms with van der Waals surface area (Å²) in [4.78, 5) is 12.9. The van der Waals surface area contributed by atoms with E-state index in [1.165, 1.54) is 10.9 Å². The summed E-state index contributed by atoms with van der Waals surface area (Å²) in [6.07, 6.45) is 0. The molecule has 12 heavy (non-hydrogen) atoms. The molecule has 0 radical (unpaired) electrons. The number of rotatable bonds is 1. The van der Waals surface area contributed by atoms with E-state index >= 15 is 0 Å². The standard InChI is InChI=1S/C8H7NO2S/c1-5-2-3-7(12-5)6-4-8(10)11-9-6/h2-4,9H,1H3. The highest BCUT2D eigenvalue weighted by Crippen LogP contribution is 2.24. The van der Waals surface area contributed by atoms with Crippen molar-refractivity contribution >= 4 is 11.3 Å². The lowest BCUT2D eigenvalue weighted by Gasteiger charge is -1.85. The molecule has 2 aromatic heterocycles. The third-order valence-electron chi connectivity index (χ3n) is 1.53. The lowest BCUT2D eigenvalue weighted by Crippen LogP contribution is -1.84. The van der Waals surface area contributed by atoms with E-state index in [1.807, 2.05) is 19.1 Å². The molecule has 0 aliphatic rings. The molecule has 1 N–H and O–H groups in total. The Hall–Kier alpha value is -1.29. The number of nitrogens with one attached hydrogen (secondary N) is 1. The van der Waals surface area contributed by atoms with E-state index in [9.17, 15) is 4.79 Å². The molecule has 0 saturated carbocycles. The van der Waals surface area contributed by atoms with Crippen LogP contribution < -0.4 is 5.63 Å². The Labute approximate surface area is 72.6 Å². The Balaban J connectivity index is 2.50. The average Bonchev–Trinajstić information content (AvgIpc) is 2.58. The van der Waals surface area contributed by atoms with Crippen molar-refractivity contribution in [2.75, 3.05) is 0 Å². The summed E-state index contributed by atoms with van der Waals surface area (Å²) in [5.74, 6) is 0. The van der Waals surface area contributed by atoms with Gasteiger partial charge in [-0.3, -0.25) is 0 Å². The number of aryl methyl sites for hydroxylation is 1. The van der Waals surface area contributed by atoms with Crippen LogP contribution in [0, 0.1) is 6.92 Å². The number of aromatic amines is 1. The maximum Gasteiger partial charge on any atom is 0.357 e. The first-order valence-corrected chi connectivity index (χ1v) is 4.33. The highest BCUT2D eigenvalue weighted by atomic mass is 32.1. The minimum atomic E-state index is -0.337. The van der Waals surface area contributed by atoms with Gasteiger partial charge < -0.3 is 4.52 Å². The monoisotopic (exact) mass is 181 g/mol. The van der Waals surface area contributed by atoms with Crippen LogP contribution in [0.2, 0.25) is 0 Å². The van der Waals surface area contributed by atoms with Crippen molar-refractivity contribution in [2.24, 2.45) is 0 Å². The minimum absolute atomic E-state index is 0.337. The highest BCUT2D eigenvalue weighted by Gasteiger charge is 2.03. The van der Waals surface area contributed by atoms with Crippen molar-refractivity contribution < 1.29 is 4.52 Å². The van der Waals surface area contributed by atoms with Crippen LogP contribution in [0.3, 0.4) is 0 Å². The molecule has 0 unspecified atom stereocenters. The molecule has 2 rings (SSSR count). The van der Waals surface area contributed by atoms with E-state index < -0.39 is 0 Å². The molecule has 3 nitrogen and oxygen atoms in total. The van der Waals surface area contributed by atoms with E-state index in [2.05, 4.69) is 9.68 Å². The van der Waals surface area contributed by atoms with Gasteiger partial charge in [-0.15, -0.1) is 11.3 Å². The van der Waals surface area contributed by atoms with Gasteiger partial charge in [-0.25, -0.2) is 9.95 Å². The van der Waals surface area contributed by atoms with Crippen LogP contribution in [-0.4, -0.2) is 5.16 Å². The van der Waals surface area contributed by atoms with Crippen molar-refractivity contribution in [2.45, 2.75) is 6.92 Å². The van der Waals surface area contributed by atoms with Gasteiger partial charge in [-0.05, 0) is 19.1 Å². The maximum atomic E-state index is 10.7. The van der Waals surface area contributed by atoms with Crippen molar-refractivity contribution in [3.63, 3.8) is 0 Å². The maximum absolute atomic E-state index is 10.7. The normalized spacial score (nSPS) is 10.4. The van der Waals surface area contributed by atoms with Crippen LogP contribution in [0.5, 0.6) is 0 Å². The third kappa shape index (κ3) is 1.21. The van der Waals surface area contributed by atoms with Gasteiger partial charge in [-0.2, -0.15) is 0 Å². The minimum Gasteiger partial charge on any atom is -0.339 e. The van der Waals surface area contributed by atoms with Crippen LogP contribution in [-0.2, 0) is 0 Å². The number of H-pyrrole nitrogens is 1. The molecule has 4 heteroatoms. The largest absolute Gasteiger partial charge is 0.357 e. The second kappa shape index (κ2) is 2.64. The fourth-order valence-electron chi connectivity index (χ4n) is 0.983. The molecular weight excluding hydrogens is 174 g/mol. The van der Waals surface area contributed by atoms with Crippen LogP contribution in [0.15, 0.2) is 27.5 Å². The zero-order valence-electron chi connectivity index (χ0n) is 6.46. The smallest absolute Gasteiger partial charge is 0.339 e. The Morgan fingerprint density at radius 2 is 2.33 bits per heavy atom. The first kappa shape index (κ1) is 7.36. The Kier molecular flexibility index (Phi) is 1.62. The Morgan fingerprint density at radius 1 is 1.50 bits per heavy atom. The van der Waals surface area contributed by atoms with Crippen LogP contribution in [0.4, 0.5) is 0 Å². The third-order valence-corrected chi connectivity index (χ3v) is 2.56. The first-order chi connectivity index (χ1) is 5.75. The molecule has 0 amide bonds. The van der Waals surface area contributed by atoms with Gasteiger partial charge in [0.2, 0.25) is 0 Å². The lowest BCUT2D eigenvalue weighted by molar-refractivity contribution is 0.394. The summed E-state index contributed by atoms with van der Waals surface area (Å²) >= 11 is 1.62. The first-order valence-electron chi connectivity index (χ1n) is 3.51. The summed E-state index contributed by atoms with van der Waals surface area (Å²) < 4.78 is 4.55. The Morgan fingerprint density at radius 3 is 2.83 bits per heavy atom. The second-order valence-corrected chi connectivity index (χ2v) is 3.78. The fraction of sp³-hybridized carbons (Fsp3) is 0.125. The zero-order chi connectivity index (χ0) is 8.55. The van der Waals surface area contributed by atoms with Gasteiger partial charge in [-0.1, -0.05) is 0 Å². The van der Waals surface area contributed by atoms with Crippen molar-refractivity contribution in [3.05, 3.63) is 33.5 Å². The van der Waals surface area contributed by atoms with Gasteiger partial charge in [0.05, 0.1) is 16.6 Å². The number of hydrogen-bond acceptors (Lipinski definition) is 3. The average molecular weight is 181 g/mol. The van der Waals surface area contributed by atoms with Gasteiger partial charge in [0, 0.05) is 4.88 Å². The topological polar surface area (TPSA) is 46.0 Å². The number of hydrogen-bond donors (Lipinski definition) is 1. The molecular formula is C8H7NO2S. The van der Waals surface area contributed by atoms with Crippen LogP contribution in [0.1, 0.15) is 4.88 Å². The van der Waals surface area contributed by atoms with E-state index in [-0.39, 0.29) is 5.63 Å². The summed E-state index contributed by atoms with van der Waals surface area (Å²) in [6, 6.07) is 5.41. The summed E-state index contributed by atoms with van der Waals surface area (Å²) in [7, 11) is 0. The van der Waals surface area contributed by atoms with E-state index in [4.69, 9.17) is 0 Å². The fourth-order valence-corrected chi connectivity index (χ4v) is 1.81. The molecule has 0 aliphatic heterocycles. The summed E-state index contributed by atoms with van der Waals surface area (Å²) in [5.41, 5.74) is 0.411. The molecule has 0 bridgehead atoms. The molecule has 2 heterocycles. The lowest BCUT2D eigenvalue weighted by atomic mass is 10.3. The molecule has 0 aliphatic carbocycles. The van der Waals surface area contributed by atoms with E-state index in [0.29, 0.717) is 0 Å². The van der Waals surface area contributed by atoms with E-state index in [0.717, 1.165) is 10.6 Å². The van der Waals surface area contributed by atoms with Crippen molar-refractivity contribution in [1.29, 1.82) is 0 Å². The zero-order valence-corrected chi connectivity index (χ0v) is 7.27. The van der Waals surface area contributed by atoms with Gasteiger partial charge >= 0.3 is 5.63 Å². The summed E-state index contributed by atoms with van der Waals surface area (Å²) in [6.45, 7) is 2.02. The predicted molar refractivity (Wildman–Crippen MR) is 47.4 cm³/mol. The highest BCUT2D eigenvalue weighted by molar-refractivity contribution is 7.15. The Bertz CT molecular complexity index is 438. The van der Waals surface area contributed by atoms with Crippen molar-refractivity contribution in [3.8, 4) is 10.6 Å². The summed E-state index contributed by atoms with van der Waals surface area (Å²) in [5, 5.41) is 2.56. The van der Waals surface area contributed by atoms with Crippen molar-refractivity contribution in [1.82, 2.24) is 5.16 Å². The molecule has 0 aromatic carbocycles. The van der Waals surface area contributed by atoms with Gasteiger partial charge in [0.15, 0.2) is 0 Å². The molecule has 62 valence electrons. The molecule has 0 spiro atoms. The quantitative estimate of drug-likeness (QED) is 0.731. The molecule has 0 saturated heterocycles. The number of thiophene rings is 1. The van der Waals surface area contributed by atoms with Gasteiger partial charge in [0.1, 0.15) is 0 Å². The van der Waals surface area contributed by atoms with Crippen LogP contribution in [0.25, 0.3) is 10.6 Å². The van der Waals surface area contributed by atoms with Gasteiger partial charge in [0.25, 0.3) is 0 Å². The molecule has 0 atom stereocenters. The van der Waals surface area contributed by atoms with E-state index in [1.54, 1.807) is 11.3 Å².